The lowest BCUT2D eigenvalue weighted by Crippen LogP contribution is -2.25. The van der Waals surface area contributed by atoms with Gasteiger partial charge in [-0.2, -0.15) is 0 Å². The molecular weight excluding hydrogens is 274 g/mol. The Labute approximate surface area is 125 Å². The normalized spacial score (nSPS) is 26.4. The average Bonchev–Trinajstić information content (AvgIpc) is 2.46. The van der Waals surface area contributed by atoms with Crippen molar-refractivity contribution in [3.8, 4) is 0 Å². The number of benzene rings is 1. The highest BCUT2D eigenvalue weighted by Gasteiger charge is 2.28. The Balaban J connectivity index is 1.99. The van der Waals surface area contributed by atoms with Crippen LogP contribution in [0, 0.1) is 22.0 Å². The quantitative estimate of drug-likeness (QED) is 0.438. The van der Waals surface area contributed by atoms with E-state index in [2.05, 4.69) is 6.92 Å². The Morgan fingerprint density at radius 2 is 2.10 bits per heavy atom. The topological polar surface area (TPSA) is 43.1 Å². The number of nitro benzene ring substituents is 1. The summed E-state index contributed by atoms with van der Waals surface area (Å²) >= 11 is 6.44. The van der Waals surface area contributed by atoms with Gasteiger partial charge in [-0.25, -0.2) is 0 Å². The molecule has 0 aliphatic heterocycles. The molecule has 1 aliphatic rings. The van der Waals surface area contributed by atoms with Crippen LogP contribution in [-0.2, 0) is 6.42 Å². The van der Waals surface area contributed by atoms with Gasteiger partial charge >= 0.3 is 0 Å². The van der Waals surface area contributed by atoms with Gasteiger partial charge in [-0.05, 0) is 43.9 Å². The lowest BCUT2D eigenvalue weighted by Gasteiger charge is -2.32. The molecule has 110 valence electrons. The van der Waals surface area contributed by atoms with Crippen LogP contribution in [0.15, 0.2) is 24.3 Å². The smallest absolute Gasteiger partial charge is 0.258 e. The largest absolute Gasteiger partial charge is 0.272 e. The first-order valence-electron chi connectivity index (χ1n) is 7.48. The number of rotatable bonds is 5. The first-order chi connectivity index (χ1) is 9.61. The van der Waals surface area contributed by atoms with Crippen LogP contribution < -0.4 is 0 Å². The molecule has 0 radical (unpaired) electrons. The summed E-state index contributed by atoms with van der Waals surface area (Å²) in [6.07, 6.45) is 6.40. The predicted octanol–water partition coefficient (Wildman–Crippen LogP) is 4.96. The standard InChI is InChI=1S/C16H22ClNO2/c1-2-12-7-10-15(17)14(11-12)9-8-13-5-3-4-6-16(13)18(19)20/h3-6,12,14-15H,2,7-11H2,1H3. The van der Waals surface area contributed by atoms with Gasteiger partial charge in [0.25, 0.3) is 5.69 Å². The molecule has 0 heterocycles. The van der Waals surface area contributed by atoms with E-state index in [1.54, 1.807) is 12.1 Å². The number of hydrogen-bond donors (Lipinski definition) is 0. The van der Waals surface area contributed by atoms with E-state index < -0.39 is 0 Å². The minimum atomic E-state index is -0.288. The second-order valence-electron chi connectivity index (χ2n) is 5.79. The van der Waals surface area contributed by atoms with Gasteiger partial charge in [-0.1, -0.05) is 31.5 Å². The van der Waals surface area contributed by atoms with E-state index in [1.807, 2.05) is 12.1 Å². The summed E-state index contributed by atoms with van der Waals surface area (Å²) in [6, 6.07) is 7.04. The maximum absolute atomic E-state index is 11.0. The van der Waals surface area contributed by atoms with Crippen molar-refractivity contribution in [3.05, 3.63) is 39.9 Å². The molecule has 0 N–H and O–H groups in total. The first kappa shape index (κ1) is 15.3. The van der Waals surface area contributed by atoms with Crippen molar-refractivity contribution in [1.82, 2.24) is 0 Å². The molecule has 3 atom stereocenters. The Hall–Kier alpha value is -1.09. The van der Waals surface area contributed by atoms with Gasteiger partial charge in [0.2, 0.25) is 0 Å². The molecule has 3 nitrogen and oxygen atoms in total. The second-order valence-corrected chi connectivity index (χ2v) is 6.35. The van der Waals surface area contributed by atoms with Crippen LogP contribution in [0.1, 0.15) is 44.6 Å². The molecule has 0 aromatic heterocycles. The van der Waals surface area contributed by atoms with Crippen molar-refractivity contribution in [3.63, 3.8) is 0 Å². The van der Waals surface area contributed by atoms with E-state index in [0.29, 0.717) is 5.92 Å². The van der Waals surface area contributed by atoms with Crippen molar-refractivity contribution in [2.45, 2.75) is 50.8 Å². The Morgan fingerprint density at radius 1 is 1.35 bits per heavy atom. The number of hydrogen-bond acceptors (Lipinski definition) is 2. The zero-order chi connectivity index (χ0) is 14.5. The number of alkyl halides is 1. The highest BCUT2D eigenvalue weighted by atomic mass is 35.5. The van der Waals surface area contributed by atoms with Gasteiger partial charge in [-0.15, -0.1) is 11.6 Å². The fourth-order valence-electron chi connectivity index (χ4n) is 3.24. The summed E-state index contributed by atoms with van der Waals surface area (Å²) < 4.78 is 0. The van der Waals surface area contributed by atoms with E-state index in [1.165, 1.54) is 19.3 Å². The van der Waals surface area contributed by atoms with Crippen LogP contribution in [0.5, 0.6) is 0 Å². The minimum Gasteiger partial charge on any atom is -0.258 e. The molecular formula is C16H22ClNO2. The second kappa shape index (κ2) is 7.07. The Morgan fingerprint density at radius 3 is 2.80 bits per heavy atom. The van der Waals surface area contributed by atoms with E-state index in [9.17, 15) is 10.1 Å². The molecule has 1 fully saturated rings. The summed E-state index contributed by atoms with van der Waals surface area (Å²) in [5.74, 6) is 1.27. The first-order valence-corrected chi connectivity index (χ1v) is 7.91. The maximum atomic E-state index is 11.0. The fraction of sp³-hybridized carbons (Fsp3) is 0.625. The minimum absolute atomic E-state index is 0.237. The molecule has 4 heteroatoms. The molecule has 3 unspecified atom stereocenters. The van der Waals surface area contributed by atoms with Gasteiger partial charge in [0.05, 0.1) is 4.92 Å². The summed E-state index contributed by atoms with van der Waals surface area (Å²) in [6.45, 7) is 2.23. The lowest BCUT2D eigenvalue weighted by molar-refractivity contribution is -0.385. The molecule has 0 spiro atoms. The lowest BCUT2D eigenvalue weighted by atomic mass is 9.77. The number of nitro groups is 1. The van der Waals surface area contributed by atoms with E-state index >= 15 is 0 Å². The van der Waals surface area contributed by atoms with Gasteiger partial charge in [-0.3, -0.25) is 10.1 Å². The number of aryl methyl sites for hydroxylation is 1. The van der Waals surface area contributed by atoms with Crippen LogP contribution in [0.4, 0.5) is 5.69 Å². The third kappa shape index (κ3) is 3.72. The van der Waals surface area contributed by atoms with Crippen molar-refractivity contribution >= 4 is 17.3 Å². The molecule has 1 aromatic carbocycles. The highest BCUT2D eigenvalue weighted by Crippen LogP contribution is 2.37. The van der Waals surface area contributed by atoms with Crippen LogP contribution >= 0.6 is 11.6 Å². The van der Waals surface area contributed by atoms with Gasteiger partial charge in [0.1, 0.15) is 0 Å². The summed E-state index contributed by atoms with van der Waals surface area (Å²) in [7, 11) is 0. The molecule has 2 rings (SSSR count). The monoisotopic (exact) mass is 295 g/mol. The maximum Gasteiger partial charge on any atom is 0.272 e. The van der Waals surface area contributed by atoms with Crippen molar-refractivity contribution in [2.75, 3.05) is 0 Å². The zero-order valence-corrected chi connectivity index (χ0v) is 12.7. The number of para-hydroxylation sites is 1. The molecule has 0 amide bonds. The molecule has 1 aliphatic carbocycles. The van der Waals surface area contributed by atoms with Gasteiger partial charge in [0.15, 0.2) is 0 Å². The molecule has 0 bridgehead atoms. The Bertz CT molecular complexity index is 464. The fourth-order valence-corrected chi connectivity index (χ4v) is 3.59. The molecule has 1 aromatic rings. The van der Waals surface area contributed by atoms with Gasteiger partial charge in [0, 0.05) is 17.0 Å². The van der Waals surface area contributed by atoms with Crippen LogP contribution in [0.25, 0.3) is 0 Å². The molecule has 20 heavy (non-hydrogen) atoms. The van der Waals surface area contributed by atoms with E-state index in [-0.39, 0.29) is 16.0 Å². The van der Waals surface area contributed by atoms with E-state index in [4.69, 9.17) is 11.6 Å². The van der Waals surface area contributed by atoms with Crippen molar-refractivity contribution < 1.29 is 4.92 Å². The third-order valence-corrected chi connectivity index (χ3v) is 5.12. The SMILES string of the molecule is CCC1CCC(Cl)C(CCc2ccccc2[N+](=O)[O-])C1. The number of nitrogens with zero attached hydrogens (tertiary/aromatic N) is 1. The van der Waals surface area contributed by atoms with Gasteiger partial charge < -0.3 is 0 Å². The third-order valence-electron chi connectivity index (χ3n) is 4.55. The predicted molar refractivity (Wildman–Crippen MR) is 82.2 cm³/mol. The molecule has 1 saturated carbocycles. The summed E-state index contributed by atoms with van der Waals surface area (Å²) in [4.78, 5) is 10.7. The zero-order valence-electron chi connectivity index (χ0n) is 11.9. The van der Waals surface area contributed by atoms with Crippen molar-refractivity contribution in [1.29, 1.82) is 0 Å². The van der Waals surface area contributed by atoms with Crippen LogP contribution in [0.2, 0.25) is 0 Å². The van der Waals surface area contributed by atoms with Crippen LogP contribution in [0.3, 0.4) is 0 Å². The number of halogens is 1. The highest BCUT2D eigenvalue weighted by molar-refractivity contribution is 6.20. The Kier molecular flexibility index (Phi) is 5.41. The van der Waals surface area contributed by atoms with Crippen LogP contribution in [-0.4, -0.2) is 10.3 Å². The summed E-state index contributed by atoms with van der Waals surface area (Å²) in [5, 5.41) is 11.3. The van der Waals surface area contributed by atoms with Crippen molar-refractivity contribution in [2.24, 2.45) is 11.8 Å². The molecule has 0 saturated heterocycles. The average molecular weight is 296 g/mol. The summed E-state index contributed by atoms with van der Waals surface area (Å²) in [5.41, 5.74) is 1.07. The van der Waals surface area contributed by atoms with E-state index in [0.717, 1.165) is 30.7 Å².